The Morgan fingerprint density at radius 1 is 1.39 bits per heavy atom. The van der Waals surface area contributed by atoms with E-state index in [2.05, 4.69) is 10.3 Å². The summed E-state index contributed by atoms with van der Waals surface area (Å²) in [6, 6.07) is 9.70. The molecule has 2 N–H and O–H groups in total. The molecule has 3 rings (SSSR count). The summed E-state index contributed by atoms with van der Waals surface area (Å²) in [4.78, 5) is 14.9. The molecule has 0 fully saturated rings. The average Bonchev–Trinajstić information content (AvgIpc) is 3.04. The average molecular weight is 242 g/mol. The van der Waals surface area contributed by atoms with Crippen LogP contribution in [-0.4, -0.2) is 17.0 Å². The summed E-state index contributed by atoms with van der Waals surface area (Å²) in [5, 5.41) is 2.88. The normalized spacial score (nSPS) is 17.0. The first-order valence-electron chi connectivity index (χ1n) is 5.97. The van der Waals surface area contributed by atoms with E-state index in [0.717, 1.165) is 16.9 Å². The fraction of sp³-hybridized carbons (Fsp3) is 0.214. The van der Waals surface area contributed by atoms with Crippen LogP contribution in [0.5, 0.6) is 5.75 Å². The summed E-state index contributed by atoms with van der Waals surface area (Å²) >= 11 is 0. The van der Waals surface area contributed by atoms with E-state index in [1.807, 2.05) is 42.7 Å². The Morgan fingerprint density at radius 2 is 2.28 bits per heavy atom. The van der Waals surface area contributed by atoms with E-state index >= 15 is 0 Å². The summed E-state index contributed by atoms with van der Waals surface area (Å²) < 4.78 is 5.62. The molecule has 2 aromatic rings. The van der Waals surface area contributed by atoms with Crippen molar-refractivity contribution in [3.8, 4) is 5.75 Å². The van der Waals surface area contributed by atoms with Gasteiger partial charge in [-0.2, -0.15) is 0 Å². The molecule has 1 amide bonds. The smallest absolute Gasteiger partial charge is 0.261 e. The van der Waals surface area contributed by atoms with Gasteiger partial charge in [-0.1, -0.05) is 18.2 Å². The number of carbonyl (C=O) groups excluding carboxylic acids is 1. The lowest BCUT2D eigenvalue weighted by molar-refractivity contribution is -0.127. The quantitative estimate of drug-likeness (QED) is 0.859. The van der Waals surface area contributed by atoms with Gasteiger partial charge in [-0.05, 0) is 23.3 Å². The highest BCUT2D eigenvalue weighted by Crippen LogP contribution is 2.28. The molecule has 0 aliphatic carbocycles. The first-order valence-corrected chi connectivity index (χ1v) is 5.97. The highest BCUT2D eigenvalue weighted by atomic mass is 16.5. The van der Waals surface area contributed by atoms with Crippen molar-refractivity contribution in [1.29, 1.82) is 0 Å². The van der Waals surface area contributed by atoms with E-state index in [1.54, 1.807) is 0 Å². The number of para-hydroxylation sites is 1. The third kappa shape index (κ3) is 2.09. The van der Waals surface area contributed by atoms with E-state index in [4.69, 9.17) is 4.74 Å². The molecule has 4 nitrogen and oxygen atoms in total. The summed E-state index contributed by atoms with van der Waals surface area (Å²) in [7, 11) is 0. The lowest BCUT2D eigenvalue weighted by atomic mass is 10.1. The Kier molecular flexibility index (Phi) is 2.76. The Balaban J connectivity index is 1.59. The number of amides is 1. The van der Waals surface area contributed by atoms with Crippen molar-refractivity contribution in [3.05, 3.63) is 53.9 Å². The van der Waals surface area contributed by atoms with Gasteiger partial charge in [0.1, 0.15) is 5.75 Å². The second-order valence-corrected chi connectivity index (χ2v) is 4.36. The van der Waals surface area contributed by atoms with E-state index in [-0.39, 0.29) is 5.91 Å². The first kappa shape index (κ1) is 10.9. The molecule has 0 saturated heterocycles. The Hall–Kier alpha value is -2.23. The number of benzene rings is 1. The van der Waals surface area contributed by atoms with Crippen molar-refractivity contribution in [2.75, 3.05) is 0 Å². The Labute approximate surface area is 105 Å². The van der Waals surface area contributed by atoms with Gasteiger partial charge in [0.05, 0.1) is 0 Å². The van der Waals surface area contributed by atoms with Crippen molar-refractivity contribution in [3.63, 3.8) is 0 Å². The molecule has 0 spiro atoms. The fourth-order valence-electron chi connectivity index (χ4n) is 2.10. The minimum absolute atomic E-state index is 0.0626. The van der Waals surface area contributed by atoms with Gasteiger partial charge < -0.3 is 15.0 Å². The van der Waals surface area contributed by atoms with Crippen molar-refractivity contribution in [2.45, 2.75) is 19.1 Å². The molecule has 0 radical (unpaired) electrons. The Bertz CT molecular complexity index is 524. The van der Waals surface area contributed by atoms with Gasteiger partial charge in [-0.15, -0.1) is 0 Å². The number of hydrogen-bond acceptors (Lipinski definition) is 2. The number of H-pyrrole nitrogens is 1. The maximum Gasteiger partial charge on any atom is 0.261 e. The van der Waals surface area contributed by atoms with Gasteiger partial charge in [0.2, 0.25) is 0 Å². The summed E-state index contributed by atoms with van der Waals surface area (Å²) in [6.07, 6.45) is 3.95. The number of aromatic amines is 1. The molecule has 0 bridgehead atoms. The van der Waals surface area contributed by atoms with E-state index in [0.29, 0.717) is 13.0 Å². The number of fused-ring (bicyclic) bond motifs is 1. The number of rotatable bonds is 3. The number of nitrogens with one attached hydrogen (secondary N) is 2. The van der Waals surface area contributed by atoms with Crippen LogP contribution in [0, 0.1) is 0 Å². The highest BCUT2D eigenvalue weighted by molar-refractivity contribution is 5.82. The van der Waals surface area contributed by atoms with Crippen molar-refractivity contribution in [2.24, 2.45) is 0 Å². The molecule has 1 aliphatic heterocycles. The highest BCUT2D eigenvalue weighted by Gasteiger charge is 2.28. The standard InChI is InChI=1S/C14H14N2O2/c17-14(16-9-10-5-6-15-8-10)13-7-11-3-1-2-4-12(11)18-13/h1-6,8,13,15H,7,9H2,(H,16,17). The van der Waals surface area contributed by atoms with Gasteiger partial charge >= 0.3 is 0 Å². The molecule has 1 unspecified atom stereocenters. The third-order valence-electron chi connectivity index (χ3n) is 3.07. The van der Waals surface area contributed by atoms with Crippen molar-refractivity contribution < 1.29 is 9.53 Å². The van der Waals surface area contributed by atoms with E-state index in [9.17, 15) is 4.79 Å². The maximum absolute atomic E-state index is 12.0. The van der Waals surface area contributed by atoms with Crippen molar-refractivity contribution in [1.82, 2.24) is 10.3 Å². The van der Waals surface area contributed by atoms with Crippen LogP contribution < -0.4 is 10.1 Å². The second-order valence-electron chi connectivity index (χ2n) is 4.36. The maximum atomic E-state index is 12.0. The van der Waals surface area contributed by atoms with Gasteiger partial charge in [0.25, 0.3) is 5.91 Å². The van der Waals surface area contributed by atoms with E-state index < -0.39 is 6.10 Å². The molecule has 2 heterocycles. The fourth-order valence-corrected chi connectivity index (χ4v) is 2.10. The van der Waals surface area contributed by atoms with Crippen LogP contribution in [0.3, 0.4) is 0 Å². The summed E-state index contributed by atoms with van der Waals surface area (Å²) in [6.45, 7) is 0.526. The third-order valence-corrected chi connectivity index (χ3v) is 3.07. The molecule has 18 heavy (non-hydrogen) atoms. The van der Waals surface area contributed by atoms with E-state index in [1.165, 1.54) is 0 Å². The molecule has 1 aliphatic rings. The SMILES string of the molecule is O=C(NCc1cc[nH]c1)C1Cc2ccccc2O1. The van der Waals surface area contributed by atoms with Gasteiger partial charge in [-0.3, -0.25) is 4.79 Å². The lowest BCUT2D eigenvalue weighted by Gasteiger charge is -2.10. The molecule has 1 aromatic carbocycles. The number of hydrogen-bond donors (Lipinski definition) is 2. The van der Waals surface area contributed by atoms with Crippen LogP contribution in [0.1, 0.15) is 11.1 Å². The largest absolute Gasteiger partial charge is 0.480 e. The topological polar surface area (TPSA) is 54.1 Å². The van der Waals surface area contributed by atoms with Crippen LogP contribution in [0.2, 0.25) is 0 Å². The zero-order valence-electron chi connectivity index (χ0n) is 9.85. The zero-order valence-corrected chi connectivity index (χ0v) is 9.85. The minimum Gasteiger partial charge on any atom is -0.480 e. The molecular weight excluding hydrogens is 228 g/mol. The van der Waals surface area contributed by atoms with Crippen LogP contribution in [0.4, 0.5) is 0 Å². The Morgan fingerprint density at radius 3 is 3.06 bits per heavy atom. The predicted octanol–water partition coefficient (Wildman–Crippen LogP) is 1.63. The van der Waals surface area contributed by atoms with Gasteiger partial charge in [0.15, 0.2) is 6.10 Å². The van der Waals surface area contributed by atoms with Crippen LogP contribution in [-0.2, 0) is 17.8 Å². The van der Waals surface area contributed by atoms with Gasteiger partial charge in [-0.25, -0.2) is 0 Å². The van der Waals surface area contributed by atoms with Crippen molar-refractivity contribution >= 4 is 5.91 Å². The van der Waals surface area contributed by atoms with Crippen LogP contribution >= 0.6 is 0 Å². The van der Waals surface area contributed by atoms with Gasteiger partial charge in [0, 0.05) is 25.4 Å². The molecule has 0 saturated carbocycles. The molecular formula is C14H14N2O2. The lowest BCUT2D eigenvalue weighted by Crippen LogP contribution is -2.36. The zero-order chi connectivity index (χ0) is 12.4. The summed E-state index contributed by atoms with van der Waals surface area (Å²) in [5.41, 5.74) is 2.15. The molecule has 92 valence electrons. The molecule has 4 heteroatoms. The number of ether oxygens (including phenoxy) is 1. The number of carbonyl (C=O) groups is 1. The monoisotopic (exact) mass is 242 g/mol. The predicted molar refractivity (Wildman–Crippen MR) is 67.2 cm³/mol. The summed E-state index contributed by atoms with van der Waals surface area (Å²) in [5.74, 6) is 0.756. The minimum atomic E-state index is -0.402. The molecule has 1 atom stereocenters. The second kappa shape index (κ2) is 4.56. The first-order chi connectivity index (χ1) is 8.83. The number of aromatic nitrogens is 1. The van der Waals surface area contributed by atoms with Crippen LogP contribution in [0.15, 0.2) is 42.7 Å². The van der Waals surface area contributed by atoms with Crippen LogP contribution in [0.25, 0.3) is 0 Å². The molecule has 1 aromatic heterocycles.